The predicted molar refractivity (Wildman–Crippen MR) is 91.1 cm³/mol. The molecule has 0 radical (unpaired) electrons. The van der Waals surface area contributed by atoms with E-state index in [4.69, 9.17) is 4.74 Å². The normalized spacial score (nSPS) is 11.8. The van der Waals surface area contributed by atoms with Gasteiger partial charge in [-0.3, -0.25) is 9.59 Å². The van der Waals surface area contributed by atoms with Crippen molar-refractivity contribution in [3.63, 3.8) is 0 Å². The van der Waals surface area contributed by atoms with Crippen LogP contribution < -0.4 is 5.32 Å². The lowest BCUT2D eigenvalue weighted by Gasteiger charge is -2.18. The zero-order chi connectivity index (χ0) is 17.1. The van der Waals surface area contributed by atoms with Crippen molar-refractivity contribution in [2.75, 3.05) is 26.3 Å². The smallest absolute Gasteiger partial charge is 0.248 e. The van der Waals surface area contributed by atoms with Gasteiger partial charge in [0.2, 0.25) is 11.8 Å². The van der Waals surface area contributed by atoms with Crippen molar-refractivity contribution >= 4 is 11.8 Å². The number of carbonyl (C=O) groups excluding carboxylic acids is 2. The second-order valence-corrected chi connectivity index (χ2v) is 5.55. The molecule has 0 heterocycles. The highest BCUT2D eigenvalue weighted by molar-refractivity contribution is 5.79. The van der Waals surface area contributed by atoms with Crippen LogP contribution in [0.15, 0.2) is 30.3 Å². The number of aryl methyl sites for hydroxylation is 1. The standard InChI is InChI=1S/C18H28N2O3/c1-4-20(5-2)18(22)14-23-13-17(21)19-15(3)11-12-16-9-7-6-8-10-16/h6-10,15H,4-5,11-14H2,1-3H3,(H,19,21)/t15-/m0/s1. The highest BCUT2D eigenvalue weighted by atomic mass is 16.5. The third-order valence-corrected chi connectivity index (χ3v) is 3.69. The molecule has 0 aromatic heterocycles. The van der Waals surface area contributed by atoms with Gasteiger partial charge in [-0.05, 0) is 39.2 Å². The molecule has 0 aliphatic carbocycles. The highest BCUT2D eigenvalue weighted by Crippen LogP contribution is 2.04. The minimum absolute atomic E-state index is 0.0481. The molecule has 0 bridgehead atoms. The zero-order valence-corrected chi connectivity index (χ0v) is 14.4. The molecule has 1 atom stereocenters. The van der Waals surface area contributed by atoms with Gasteiger partial charge in [-0.25, -0.2) is 0 Å². The number of rotatable bonds is 10. The van der Waals surface area contributed by atoms with E-state index >= 15 is 0 Å². The maximum absolute atomic E-state index is 11.8. The summed E-state index contributed by atoms with van der Waals surface area (Å²) in [6.45, 7) is 6.99. The van der Waals surface area contributed by atoms with E-state index in [0.717, 1.165) is 12.8 Å². The minimum atomic E-state index is -0.182. The fraction of sp³-hybridized carbons (Fsp3) is 0.556. The first-order chi connectivity index (χ1) is 11.1. The maximum Gasteiger partial charge on any atom is 0.248 e. The summed E-state index contributed by atoms with van der Waals surface area (Å²) in [5.41, 5.74) is 1.26. The van der Waals surface area contributed by atoms with Crippen molar-refractivity contribution < 1.29 is 14.3 Å². The molecule has 1 rings (SSSR count). The molecule has 0 fully saturated rings. The summed E-state index contributed by atoms with van der Waals surface area (Å²) < 4.78 is 5.20. The summed E-state index contributed by atoms with van der Waals surface area (Å²) in [6, 6.07) is 10.3. The number of nitrogens with zero attached hydrogens (tertiary/aromatic N) is 1. The highest BCUT2D eigenvalue weighted by Gasteiger charge is 2.12. The summed E-state index contributed by atoms with van der Waals surface area (Å²) in [4.78, 5) is 25.2. The number of hydrogen-bond donors (Lipinski definition) is 1. The van der Waals surface area contributed by atoms with Gasteiger partial charge in [0.1, 0.15) is 13.2 Å². The van der Waals surface area contributed by atoms with Gasteiger partial charge in [0, 0.05) is 19.1 Å². The third-order valence-electron chi connectivity index (χ3n) is 3.69. The van der Waals surface area contributed by atoms with Gasteiger partial charge in [0.15, 0.2) is 0 Å². The minimum Gasteiger partial charge on any atom is -0.362 e. The first-order valence-electron chi connectivity index (χ1n) is 8.25. The molecule has 5 heteroatoms. The molecule has 0 saturated heterocycles. The molecule has 1 N–H and O–H groups in total. The van der Waals surface area contributed by atoms with Gasteiger partial charge >= 0.3 is 0 Å². The quantitative estimate of drug-likeness (QED) is 0.717. The van der Waals surface area contributed by atoms with E-state index in [0.29, 0.717) is 13.1 Å². The molecule has 1 aromatic rings. The Morgan fingerprint density at radius 2 is 1.78 bits per heavy atom. The lowest BCUT2D eigenvalue weighted by molar-refractivity contribution is -0.138. The van der Waals surface area contributed by atoms with Crippen LogP contribution >= 0.6 is 0 Å². The first-order valence-corrected chi connectivity index (χ1v) is 8.25. The number of carbonyl (C=O) groups is 2. The second-order valence-electron chi connectivity index (χ2n) is 5.55. The molecule has 0 saturated carbocycles. The number of nitrogens with one attached hydrogen (secondary N) is 1. The largest absolute Gasteiger partial charge is 0.362 e. The van der Waals surface area contributed by atoms with Crippen LogP contribution in [0.25, 0.3) is 0 Å². The van der Waals surface area contributed by atoms with E-state index in [2.05, 4.69) is 17.4 Å². The van der Waals surface area contributed by atoms with Gasteiger partial charge in [-0.15, -0.1) is 0 Å². The van der Waals surface area contributed by atoms with Crippen molar-refractivity contribution in [3.05, 3.63) is 35.9 Å². The zero-order valence-electron chi connectivity index (χ0n) is 14.4. The Bertz CT molecular complexity index is 472. The molecular weight excluding hydrogens is 292 g/mol. The predicted octanol–water partition coefficient (Wildman–Crippen LogP) is 2.01. The summed E-state index contributed by atoms with van der Waals surface area (Å²) in [6.07, 6.45) is 1.79. The molecule has 128 valence electrons. The van der Waals surface area contributed by atoms with Crippen molar-refractivity contribution in [2.45, 2.75) is 39.7 Å². The summed E-state index contributed by atoms with van der Waals surface area (Å²) >= 11 is 0. The molecule has 0 unspecified atom stereocenters. The topological polar surface area (TPSA) is 58.6 Å². The molecular formula is C18H28N2O3. The van der Waals surface area contributed by atoms with Gasteiger partial charge in [-0.2, -0.15) is 0 Å². The maximum atomic E-state index is 11.8. The number of hydrogen-bond acceptors (Lipinski definition) is 3. The van der Waals surface area contributed by atoms with Crippen LogP contribution in [0.2, 0.25) is 0 Å². The lowest BCUT2D eigenvalue weighted by Crippen LogP contribution is -2.38. The molecule has 2 amide bonds. The number of likely N-dealkylation sites (N-methyl/N-ethyl adjacent to an activating group) is 1. The van der Waals surface area contributed by atoms with Crippen molar-refractivity contribution in [3.8, 4) is 0 Å². The molecule has 23 heavy (non-hydrogen) atoms. The van der Waals surface area contributed by atoms with E-state index in [1.807, 2.05) is 39.0 Å². The SMILES string of the molecule is CCN(CC)C(=O)COCC(=O)N[C@@H](C)CCc1ccccc1. The van der Waals surface area contributed by atoms with E-state index in [-0.39, 0.29) is 31.1 Å². The number of amides is 2. The average molecular weight is 320 g/mol. The Morgan fingerprint density at radius 1 is 1.13 bits per heavy atom. The first kappa shape index (κ1) is 19.2. The Morgan fingerprint density at radius 3 is 2.39 bits per heavy atom. The van der Waals surface area contributed by atoms with Crippen LogP contribution in [-0.2, 0) is 20.7 Å². The average Bonchev–Trinajstić information content (AvgIpc) is 2.55. The van der Waals surface area contributed by atoms with Crippen LogP contribution in [0, 0.1) is 0 Å². The molecule has 0 spiro atoms. The van der Waals surface area contributed by atoms with Crippen molar-refractivity contribution in [1.29, 1.82) is 0 Å². The van der Waals surface area contributed by atoms with E-state index in [9.17, 15) is 9.59 Å². The molecule has 0 aliphatic rings. The Hall–Kier alpha value is -1.88. The fourth-order valence-electron chi connectivity index (χ4n) is 2.32. The molecule has 0 aliphatic heterocycles. The Balaban J connectivity index is 2.19. The van der Waals surface area contributed by atoms with Gasteiger partial charge < -0.3 is 15.0 Å². The fourth-order valence-corrected chi connectivity index (χ4v) is 2.32. The Labute approximate surface area is 139 Å². The van der Waals surface area contributed by atoms with E-state index in [1.54, 1.807) is 4.90 Å². The monoisotopic (exact) mass is 320 g/mol. The van der Waals surface area contributed by atoms with Crippen molar-refractivity contribution in [1.82, 2.24) is 10.2 Å². The van der Waals surface area contributed by atoms with Crippen LogP contribution in [0.4, 0.5) is 0 Å². The number of ether oxygens (including phenoxy) is 1. The number of benzene rings is 1. The van der Waals surface area contributed by atoms with Crippen molar-refractivity contribution in [2.24, 2.45) is 0 Å². The Kier molecular flexibility index (Phi) is 8.98. The molecule has 5 nitrogen and oxygen atoms in total. The summed E-state index contributed by atoms with van der Waals surface area (Å²) in [5, 5.41) is 2.89. The molecule has 1 aromatic carbocycles. The second kappa shape index (κ2) is 10.8. The van der Waals surface area contributed by atoms with Crippen LogP contribution in [-0.4, -0.2) is 49.1 Å². The van der Waals surface area contributed by atoms with Crippen LogP contribution in [0.5, 0.6) is 0 Å². The summed E-state index contributed by atoms with van der Waals surface area (Å²) in [5.74, 6) is -0.266. The van der Waals surface area contributed by atoms with Gasteiger partial charge in [-0.1, -0.05) is 30.3 Å². The third kappa shape index (κ3) is 7.79. The van der Waals surface area contributed by atoms with Gasteiger partial charge in [0.25, 0.3) is 0 Å². The summed E-state index contributed by atoms with van der Waals surface area (Å²) in [7, 11) is 0. The van der Waals surface area contributed by atoms with Crippen LogP contribution in [0.1, 0.15) is 32.8 Å². The van der Waals surface area contributed by atoms with Crippen LogP contribution in [0.3, 0.4) is 0 Å². The van der Waals surface area contributed by atoms with E-state index in [1.165, 1.54) is 5.56 Å². The van der Waals surface area contributed by atoms with Gasteiger partial charge in [0.05, 0.1) is 0 Å². The van der Waals surface area contributed by atoms with E-state index < -0.39 is 0 Å². The lowest BCUT2D eigenvalue weighted by atomic mass is 10.1.